The zero-order valence-corrected chi connectivity index (χ0v) is 15.3. The summed E-state index contributed by atoms with van der Waals surface area (Å²) in [5.74, 6) is 0.956. The molecular weight excluding hydrogens is 342 g/mol. The minimum absolute atomic E-state index is 0.382. The summed E-state index contributed by atoms with van der Waals surface area (Å²) >= 11 is 1.83. The molecule has 3 aromatic rings. The molecule has 0 radical (unpaired) electrons. The lowest BCUT2D eigenvalue weighted by Crippen LogP contribution is -2.18. The average molecular weight is 361 g/mol. The van der Waals surface area contributed by atoms with Crippen LogP contribution >= 0.6 is 11.8 Å². The Balaban J connectivity index is 1.66. The van der Waals surface area contributed by atoms with Crippen molar-refractivity contribution in [3.8, 4) is 17.1 Å². The Morgan fingerprint density at radius 3 is 2.38 bits per heavy atom. The van der Waals surface area contributed by atoms with Crippen LogP contribution in [0.2, 0.25) is 0 Å². The molecule has 2 aromatic carbocycles. The Hall–Kier alpha value is -2.79. The van der Waals surface area contributed by atoms with Gasteiger partial charge in [-0.15, -0.1) is 11.8 Å². The highest BCUT2D eigenvalue weighted by Gasteiger charge is 2.20. The third-order valence-corrected chi connectivity index (χ3v) is 5.16. The highest BCUT2D eigenvalue weighted by Crippen LogP contribution is 2.37. The Morgan fingerprint density at radius 2 is 1.65 bits per heavy atom. The van der Waals surface area contributed by atoms with Crippen LogP contribution in [0.4, 0.5) is 0 Å². The van der Waals surface area contributed by atoms with Crippen molar-refractivity contribution in [2.45, 2.75) is 6.54 Å². The number of benzene rings is 2. The summed E-state index contributed by atoms with van der Waals surface area (Å²) in [6.45, 7) is 0.896. The molecule has 5 heteroatoms. The predicted octanol–water partition coefficient (Wildman–Crippen LogP) is 4.66. The van der Waals surface area contributed by atoms with Gasteiger partial charge in [-0.25, -0.2) is 9.97 Å². The second kappa shape index (κ2) is 7.62. The predicted molar refractivity (Wildman–Crippen MR) is 106 cm³/mol. The molecule has 0 saturated carbocycles. The summed E-state index contributed by atoms with van der Waals surface area (Å²) in [6.07, 6.45) is 3.63. The molecule has 0 saturated heterocycles. The van der Waals surface area contributed by atoms with E-state index in [0.717, 1.165) is 23.5 Å². The van der Waals surface area contributed by atoms with Gasteiger partial charge >= 0.3 is 6.01 Å². The van der Waals surface area contributed by atoms with Crippen molar-refractivity contribution < 1.29 is 4.74 Å². The van der Waals surface area contributed by atoms with Crippen LogP contribution in [0.1, 0.15) is 11.1 Å². The molecule has 0 bridgehead atoms. The molecule has 0 N–H and O–H groups in total. The van der Waals surface area contributed by atoms with E-state index in [0.29, 0.717) is 6.01 Å². The van der Waals surface area contributed by atoms with Crippen molar-refractivity contribution in [3.63, 3.8) is 0 Å². The SMILES string of the molecule is COc1ncc(-c2ccccc2C2=CSCN2Cc2ccccc2)cn1. The third kappa shape index (κ3) is 3.44. The van der Waals surface area contributed by atoms with Crippen LogP contribution in [-0.2, 0) is 6.54 Å². The van der Waals surface area contributed by atoms with Gasteiger partial charge in [0.2, 0.25) is 0 Å². The average Bonchev–Trinajstić information content (AvgIpc) is 3.17. The van der Waals surface area contributed by atoms with Crippen LogP contribution in [-0.4, -0.2) is 27.9 Å². The highest BCUT2D eigenvalue weighted by atomic mass is 32.2. The number of rotatable bonds is 5. The molecular formula is C21H19N3OS. The lowest BCUT2D eigenvalue weighted by atomic mass is 9.99. The first-order chi connectivity index (χ1) is 12.8. The molecule has 0 spiro atoms. The minimum Gasteiger partial charge on any atom is -0.467 e. The number of aromatic nitrogens is 2. The summed E-state index contributed by atoms with van der Waals surface area (Å²) in [5.41, 5.74) is 5.86. The molecule has 0 amide bonds. The Kier molecular flexibility index (Phi) is 4.88. The van der Waals surface area contributed by atoms with Gasteiger partial charge in [-0.1, -0.05) is 54.6 Å². The van der Waals surface area contributed by atoms with E-state index in [9.17, 15) is 0 Å². The molecule has 0 unspecified atom stereocenters. The van der Waals surface area contributed by atoms with Gasteiger partial charge in [0, 0.05) is 30.1 Å². The molecule has 4 rings (SSSR count). The second-order valence-corrected chi connectivity index (χ2v) is 6.81. The fraction of sp³-hybridized carbons (Fsp3) is 0.143. The van der Waals surface area contributed by atoms with E-state index in [-0.39, 0.29) is 0 Å². The van der Waals surface area contributed by atoms with Gasteiger partial charge in [0.1, 0.15) is 0 Å². The maximum atomic E-state index is 5.07. The van der Waals surface area contributed by atoms with Crippen LogP contribution < -0.4 is 4.74 Å². The molecule has 1 aliphatic heterocycles. The van der Waals surface area contributed by atoms with E-state index in [1.807, 2.05) is 30.2 Å². The Morgan fingerprint density at radius 1 is 0.962 bits per heavy atom. The molecule has 4 nitrogen and oxygen atoms in total. The Bertz CT molecular complexity index is 910. The number of hydrogen-bond donors (Lipinski definition) is 0. The van der Waals surface area contributed by atoms with Crippen LogP contribution in [0.5, 0.6) is 6.01 Å². The molecule has 2 heterocycles. The molecule has 0 aliphatic carbocycles. The van der Waals surface area contributed by atoms with Crippen molar-refractivity contribution in [1.29, 1.82) is 0 Å². The summed E-state index contributed by atoms with van der Waals surface area (Å²) < 4.78 is 5.07. The van der Waals surface area contributed by atoms with Gasteiger partial charge in [-0.05, 0) is 16.5 Å². The zero-order chi connectivity index (χ0) is 17.8. The first kappa shape index (κ1) is 16.7. The van der Waals surface area contributed by atoms with E-state index in [2.05, 4.69) is 68.8 Å². The fourth-order valence-corrected chi connectivity index (χ4v) is 3.96. The van der Waals surface area contributed by atoms with Gasteiger partial charge in [-0.3, -0.25) is 0 Å². The van der Waals surface area contributed by atoms with Crippen molar-refractivity contribution >= 4 is 17.5 Å². The molecule has 130 valence electrons. The normalized spacial score (nSPS) is 13.6. The van der Waals surface area contributed by atoms with Gasteiger partial charge in [0.05, 0.1) is 18.7 Å². The van der Waals surface area contributed by atoms with Gasteiger partial charge in [0.25, 0.3) is 0 Å². The maximum absolute atomic E-state index is 5.07. The fourth-order valence-electron chi connectivity index (χ4n) is 3.04. The molecule has 26 heavy (non-hydrogen) atoms. The number of methoxy groups -OCH3 is 1. The highest BCUT2D eigenvalue weighted by molar-refractivity contribution is 8.02. The van der Waals surface area contributed by atoms with Gasteiger partial charge in [0.15, 0.2) is 0 Å². The van der Waals surface area contributed by atoms with Gasteiger partial charge < -0.3 is 9.64 Å². The molecule has 1 aromatic heterocycles. The Labute approximate surface area is 157 Å². The lowest BCUT2D eigenvalue weighted by molar-refractivity contribution is 0.380. The topological polar surface area (TPSA) is 38.2 Å². The summed E-state index contributed by atoms with van der Waals surface area (Å²) in [5, 5.41) is 2.24. The van der Waals surface area contributed by atoms with Crippen molar-refractivity contribution in [2.75, 3.05) is 13.0 Å². The standard InChI is InChI=1S/C21H19N3OS/c1-25-21-22-11-17(12-23-21)18-9-5-6-10-19(18)20-14-26-15-24(20)13-16-7-3-2-4-8-16/h2-12,14H,13,15H2,1H3. The van der Waals surface area contributed by atoms with Crippen LogP contribution in [0.3, 0.4) is 0 Å². The number of hydrogen-bond acceptors (Lipinski definition) is 5. The third-order valence-electron chi connectivity index (χ3n) is 4.31. The van der Waals surface area contributed by atoms with Crippen LogP contribution in [0.15, 0.2) is 72.4 Å². The first-order valence-electron chi connectivity index (χ1n) is 8.41. The van der Waals surface area contributed by atoms with E-state index in [4.69, 9.17) is 4.74 Å². The molecule has 0 atom stereocenters. The minimum atomic E-state index is 0.382. The zero-order valence-electron chi connectivity index (χ0n) is 14.5. The quantitative estimate of drug-likeness (QED) is 0.661. The summed E-state index contributed by atoms with van der Waals surface area (Å²) in [6, 6.07) is 19.4. The molecule has 1 aliphatic rings. The summed E-state index contributed by atoms with van der Waals surface area (Å²) in [7, 11) is 1.57. The smallest absolute Gasteiger partial charge is 0.316 e. The monoisotopic (exact) mass is 361 g/mol. The van der Waals surface area contributed by atoms with Crippen molar-refractivity contribution in [3.05, 3.63) is 83.5 Å². The van der Waals surface area contributed by atoms with E-state index in [1.54, 1.807) is 7.11 Å². The largest absolute Gasteiger partial charge is 0.467 e. The second-order valence-electron chi connectivity index (χ2n) is 5.99. The number of thioether (sulfide) groups is 1. The first-order valence-corrected chi connectivity index (χ1v) is 9.46. The lowest BCUT2D eigenvalue weighted by Gasteiger charge is -2.23. The van der Waals surface area contributed by atoms with Crippen molar-refractivity contribution in [1.82, 2.24) is 14.9 Å². The molecule has 0 fully saturated rings. The van der Waals surface area contributed by atoms with E-state index in [1.165, 1.54) is 16.8 Å². The summed E-state index contributed by atoms with van der Waals surface area (Å²) in [4.78, 5) is 10.9. The van der Waals surface area contributed by atoms with E-state index >= 15 is 0 Å². The number of nitrogens with zero attached hydrogens (tertiary/aromatic N) is 3. The maximum Gasteiger partial charge on any atom is 0.316 e. The van der Waals surface area contributed by atoms with Crippen LogP contribution in [0, 0.1) is 0 Å². The van der Waals surface area contributed by atoms with E-state index < -0.39 is 0 Å². The van der Waals surface area contributed by atoms with Gasteiger partial charge in [-0.2, -0.15) is 0 Å². The van der Waals surface area contributed by atoms with Crippen LogP contribution in [0.25, 0.3) is 16.8 Å². The number of ether oxygens (including phenoxy) is 1. The van der Waals surface area contributed by atoms with Crippen molar-refractivity contribution in [2.24, 2.45) is 0 Å².